The zero-order valence-electron chi connectivity index (χ0n) is 7.56. The number of rotatable bonds is 0. The van der Waals surface area contributed by atoms with Crippen LogP contribution in [-0.4, -0.2) is 47.2 Å². The van der Waals surface area contributed by atoms with Crippen LogP contribution in [0.25, 0.3) is 0 Å². The van der Waals surface area contributed by atoms with Crippen LogP contribution in [0.15, 0.2) is 0 Å². The molecule has 0 spiro atoms. The van der Waals surface area contributed by atoms with E-state index in [-0.39, 0.29) is 33.9 Å². The van der Waals surface area contributed by atoms with Crippen LogP contribution in [0, 0.1) is 5.41 Å². The van der Waals surface area contributed by atoms with Gasteiger partial charge in [-0.05, 0) is 0 Å². The summed E-state index contributed by atoms with van der Waals surface area (Å²) < 4.78 is 22.6. The number of carbonyl (C=O) groups excluding carboxylic acids is 1. The first-order valence-electron chi connectivity index (χ1n) is 4.16. The SMILES string of the molecule is CC(=O)N1C(=N)S[C@H]2CS(=O)(=O)C[C@H]21. The van der Waals surface area contributed by atoms with Crippen LogP contribution >= 0.6 is 11.8 Å². The molecule has 0 aromatic heterocycles. The number of thioether (sulfide) groups is 1. The average Bonchev–Trinajstić information content (AvgIpc) is 2.37. The Labute approximate surface area is 86.3 Å². The Kier molecular flexibility index (Phi) is 2.11. The number of carbonyl (C=O) groups is 1. The molecule has 0 saturated carbocycles. The highest BCUT2D eigenvalue weighted by Crippen LogP contribution is 2.37. The summed E-state index contributed by atoms with van der Waals surface area (Å²) in [5, 5.41) is 7.59. The second kappa shape index (κ2) is 2.96. The van der Waals surface area contributed by atoms with E-state index in [4.69, 9.17) is 5.41 Å². The summed E-state index contributed by atoms with van der Waals surface area (Å²) in [5.41, 5.74) is 0. The first-order valence-corrected chi connectivity index (χ1v) is 6.86. The van der Waals surface area contributed by atoms with Crippen molar-refractivity contribution >= 4 is 32.7 Å². The van der Waals surface area contributed by atoms with E-state index >= 15 is 0 Å². The third kappa shape index (κ3) is 1.44. The Morgan fingerprint density at radius 2 is 2.21 bits per heavy atom. The predicted molar refractivity (Wildman–Crippen MR) is 54.1 cm³/mol. The first kappa shape index (κ1) is 9.97. The number of sulfone groups is 1. The van der Waals surface area contributed by atoms with Crippen LogP contribution in [0.1, 0.15) is 6.92 Å². The molecule has 0 radical (unpaired) electrons. The van der Waals surface area contributed by atoms with Crippen molar-refractivity contribution in [2.24, 2.45) is 0 Å². The Bertz CT molecular complexity index is 403. The molecular formula is C7H10N2O3S2. The van der Waals surface area contributed by atoms with Gasteiger partial charge in [-0.15, -0.1) is 0 Å². The summed E-state index contributed by atoms with van der Waals surface area (Å²) >= 11 is 1.18. The van der Waals surface area contributed by atoms with Crippen LogP contribution < -0.4 is 0 Å². The van der Waals surface area contributed by atoms with Crippen molar-refractivity contribution in [2.45, 2.75) is 18.2 Å². The van der Waals surface area contributed by atoms with Crippen molar-refractivity contribution in [3.05, 3.63) is 0 Å². The molecular weight excluding hydrogens is 224 g/mol. The van der Waals surface area contributed by atoms with Gasteiger partial charge in [-0.3, -0.25) is 15.1 Å². The maximum absolute atomic E-state index is 11.3. The van der Waals surface area contributed by atoms with Gasteiger partial charge in [0.05, 0.1) is 17.5 Å². The van der Waals surface area contributed by atoms with Gasteiger partial charge < -0.3 is 0 Å². The molecule has 14 heavy (non-hydrogen) atoms. The zero-order chi connectivity index (χ0) is 10.5. The third-order valence-electron chi connectivity index (χ3n) is 2.42. The van der Waals surface area contributed by atoms with E-state index in [1.54, 1.807) is 0 Å². The van der Waals surface area contributed by atoms with Gasteiger partial charge in [0.15, 0.2) is 15.0 Å². The summed E-state index contributed by atoms with van der Waals surface area (Å²) in [7, 11) is -3.01. The van der Waals surface area contributed by atoms with Crippen molar-refractivity contribution in [3.8, 4) is 0 Å². The summed E-state index contributed by atoms with van der Waals surface area (Å²) in [6.45, 7) is 1.36. The van der Waals surface area contributed by atoms with E-state index in [2.05, 4.69) is 0 Å². The van der Waals surface area contributed by atoms with Gasteiger partial charge in [0, 0.05) is 12.2 Å². The monoisotopic (exact) mass is 234 g/mol. The van der Waals surface area contributed by atoms with Crippen molar-refractivity contribution in [1.82, 2.24) is 4.90 Å². The lowest BCUT2D eigenvalue weighted by atomic mass is 10.2. The number of amides is 1. The zero-order valence-corrected chi connectivity index (χ0v) is 9.19. The number of hydrogen-bond acceptors (Lipinski definition) is 5. The highest BCUT2D eigenvalue weighted by molar-refractivity contribution is 8.15. The molecule has 2 heterocycles. The lowest BCUT2D eigenvalue weighted by molar-refractivity contribution is -0.125. The highest BCUT2D eigenvalue weighted by atomic mass is 32.2. The lowest BCUT2D eigenvalue weighted by Gasteiger charge is -2.19. The third-order valence-corrected chi connectivity index (χ3v) is 5.56. The number of hydrogen-bond donors (Lipinski definition) is 1. The molecule has 2 fully saturated rings. The van der Waals surface area contributed by atoms with Gasteiger partial charge in [-0.2, -0.15) is 0 Å². The molecule has 1 N–H and O–H groups in total. The minimum absolute atomic E-state index is 0.00657. The van der Waals surface area contributed by atoms with Crippen molar-refractivity contribution < 1.29 is 13.2 Å². The minimum atomic E-state index is -3.01. The molecule has 2 rings (SSSR count). The molecule has 1 amide bonds. The van der Waals surface area contributed by atoms with Crippen molar-refractivity contribution in [1.29, 1.82) is 5.41 Å². The number of amidine groups is 1. The van der Waals surface area contributed by atoms with Gasteiger partial charge in [0.2, 0.25) is 5.91 Å². The van der Waals surface area contributed by atoms with E-state index in [1.807, 2.05) is 0 Å². The summed E-state index contributed by atoms with van der Waals surface area (Å²) in [6, 6.07) is -0.310. The molecule has 0 aromatic carbocycles. The molecule has 5 nitrogen and oxygen atoms in total. The molecule has 0 aromatic rings. The van der Waals surface area contributed by atoms with Gasteiger partial charge in [0.1, 0.15) is 0 Å². The van der Waals surface area contributed by atoms with Crippen LogP contribution in [0.2, 0.25) is 0 Å². The van der Waals surface area contributed by atoms with E-state index < -0.39 is 9.84 Å². The first-order chi connectivity index (χ1) is 6.41. The van der Waals surface area contributed by atoms with E-state index in [0.29, 0.717) is 0 Å². The fourth-order valence-electron chi connectivity index (χ4n) is 1.88. The fourth-order valence-corrected chi connectivity index (χ4v) is 5.69. The van der Waals surface area contributed by atoms with Gasteiger partial charge in [0.25, 0.3) is 0 Å². The Morgan fingerprint density at radius 3 is 2.79 bits per heavy atom. The molecule has 7 heteroatoms. The maximum Gasteiger partial charge on any atom is 0.225 e. The summed E-state index contributed by atoms with van der Waals surface area (Å²) in [6.07, 6.45) is 0. The Balaban J connectivity index is 2.30. The van der Waals surface area contributed by atoms with E-state index in [0.717, 1.165) is 0 Å². The molecule has 0 aliphatic carbocycles. The molecule has 78 valence electrons. The van der Waals surface area contributed by atoms with E-state index in [1.165, 1.54) is 23.6 Å². The van der Waals surface area contributed by atoms with Crippen LogP contribution in [0.3, 0.4) is 0 Å². The Morgan fingerprint density at radius 1 is 1.57 bits per heavy atom. The molecule has 2 atom stereocenters. The van der Waals surface area contributed by atoms with Crippen LogP contribution in [0.4, 0.5) is 0 Å². The fraction of sp³-hybridized carbons (Fsp3) is 0.714. The van der Waals surface area contributed by atoms with Gasteiger partial charge in [-0.25, -0.2) is 8.42 Å². The quantitative estimate of drug-likeness (QED) is 0.623. The number of fused-ring (bicyclic) bond motifs is 1. The van der Waals surface area contributed by atoms with Gasteiger partial charge in [-0.1, -0.05) is 11.8 Å². The second-order valence-corrected chi connectivity index (χ2v) is 6.88. The lowest BCUT2D eigenvalue weighted by Crippen LogP contribution is -2.40. The second-order valence-electron chi connectivity index (χ2n) is 3.49. The molecule has 0 unspecified atom stereocenters. The topological polar surface area (TPSA) is 78.3 Å². The molecule has 2 aliphatic heterocycles. The number of nitrogens with one attached hydrogen (secondary N) is 1. The van der Waals surface area contributed by atoms with Crippen molar-refractivity contribution in [3.63, 3.8) is 0 Å². The standard InChI is InChI=1S/C7H10N2O3S2/c1-4(10)9-5-2-14(11,12)3-6(5)13-7(9)8/h5-6,8H,2-3H2,1H3/t5-,6+/m1/s1. The molecule has 0 bridgehead atoms. The predicted octanol–water partition coefficient (Wildman–Crippen LogP) is -0.318. The Hall–Kier alpha value is -0.560. The summed E-state index contributed by atoms with van der Waals surface area (Å²) in [4.78, 5) is 12.5. The van der Waals surface area contributed by atoms with Crippen molar-refractivity contribution in [2.75, 3.05) is 11.5 Å². The van der Waals surface area contributed by atoms with Gasteiger partial charge >= 0.3 is 0 Å². The molecule has 2 saturated heterocycles. The highest BCUT2D eigenvalue weighted by Gasteiger charge is 2.49. The number of nitrogens with zero attached hydrogens (tertiary/aromatic N) is 1. The summed E-state index contributed by atoms with van der Waals surface area (Å²) in [5.74, 6) is -0.145. The maximum atomic E-state index is 11.3. The van der Waals surface area contributed by atoms with Crippen LogP contribution in [-0.2, 0) is 14.6 Å². The largest absolute Gasteiger partial charge is 0.287 e. The molecule has 2 aliphatic rings. The average molecular weight is 234 g/mol. The smallest absolute Gasteiger partial charge is 0.225 e. The normalized spacial score (nSPS) is 34.6. The van der Waals surface area contributed by atoms with E-state index in [9.17, 15) is 13.2 Å². The minimum Gasteiger partial charge on any atom is -0.287 e. The van der Waals surface area contributed by atoms with Crippen LogP contribution in [0.5, 0.6) is 0 Å².